The number of anilines is 2. The maximum absolute atomic E-state index is 15.3. The second-order valence-corrected chi connectivity index (χ2v) is 9.55. The minimum atomic E-state index is -0.344. The van der Waals surface area contributed by atoms with Gasteiger partial charge in [-0.1, -0.05) is 0 Å². The molecule has 8 nitrogen and oxygen atoms in total. The van der Waals surface area contributed by atoms with Crippen LogP contribution in [0.2, 0.25) is 0 Å². The maximum atomic E-state index is 15.3. The first kappa shape index (κ1) is 21.2. The fourth-order valence-electron chi connectivity index (χ4n) is 5.48. The predicted molar refractivity (Wildman–Crippen MR) is 123 cm³/mol. The van der Waals surface area contributed by atoms with Crippen molar-refractivity contribution in [3.8, 4) is 11.6 Å². The van der Waals surface area contributed by atoms with Gasteiger partial charge in [-0.2, -0.15) is 0 Å². The van der Waals surface area contributed by atoms with Gasteiger partial charge in [0, 0.05) is 38.2 Å². The number of ether oxygens (including phenoxy) is 2. The molecule has 6 rings (SSSR count). The van der Waals surface area contributed by atoms with E-state index in [2.05, 4.69) is 10.3 Å². The first-order valence-corrected chi connectivity index (χ1v) is 11.9. The number of pyridine rings is 1. The van der Waals surface area contributed by atoms with E-state index < -0.39 is 0 Å². The lowest BCUT2D eigenvalue weighted by molar-refractivity contribution is -0.116. The molecule has 2 atom stereocenters. The van der Waals surface area contributed by atoms with E-state index in [1.54, 1.807) is 30.2 Å². The van der Waals surface area contributed by atoms with Crippen molar-refractivity contribution in [1.29, 1.82) is 0 Å². The lowest BCUT2D eigenvalue weighted by Crippen LogP contribution is -2.38. The minimum Gasteiger partial charge on any atom is -0.491 e. The van der Waals surface area contributed by atoms with Crippen molar-refractivity contribution in [3.05, 3.63) is 40.8 Å². The number of nitrogens with zero attached hydrogens (tertiary/aromatic N) is 3. The van der Waals surface area contributed by atoms with Gasteiger partial charge >= 0.3 is 0 Å². The van der Waals surface area contributed by atoms with Crippen LogP contribution in [-0.4, -0.2) is 60.1 Å². The number of nitrogens with one attached hydrogen (secondary N) is 1. The van der Waals surface area contributed by atoms with E-state index in [9.17, 15) is 9.59 Å². The Bertz CT molecular complexity index is 1180. The predicted octanol–water partition coefficient (Wildman–Crippen LogP) is 3.07. The Balaban J connectivity index is 1.26. The number of fused-ring (bicyclic) bond motifs is 3. The number of rotatable bonds is 3. The zero-order chi connectivity index (χ0) is 23.4. The van der Waals surface area contributed by atoms with Crippen molar-refractivity contribution < 1.29 is 23.5 Å². The summed E-state index contributed by atoms with van der Waals surface area (Å²) in [5.74, 6) is 0.302. The molecule has 1 N–H and O–H groups in total. The largest absolute Gasteiger partial charge is 0.491 e. The fourth-order valence-corrected chi connectivity index (χ4v) is 5.48. The highest BCUT2D eigenvalue weighted by molar-refractivity contribution is 6.03. The van der Waals surface area contributed by atoms with Gasteiger partial charge in [0.05, 0.1) is 24.0 Å². The fraction of sp³-hybridized carbons (Fsp3) is 0.480. The molecule has 2 aromatic rings. The standard InChI is InChI=1S/C25H27FN4O4/c1-14-8-19-22(24(23(14)26)29-6-2-3-7-29)25(32)30-12-17(9-16(30)13-33-19)34-21-10-18-15(11-27-21)4-5-20(31)28-18/h8,10-11,16-17H,2-7,9,12-13H2,1H3,(H,28,31)/t16-,17+/m1/s1. The Morgan fingerprint density at radius 2 is 2.03 bits per heavy atom. The third kappa shape index (κ3) is 3.54. The molecule has 9 heteroatoms. The molecule has 4 aliphatic rings. The lowest BCUT2D eigenvalue weighted by Gasteiger charge is -2.26. The van der Waals surface area contributed by atoms with Crippen molar-refractivity contribution in [2.24, 2.45) is 0 Å². The lowest BCUT2D eigenvalue weighted by atomic mass is 10.0. The van der Waals surface area contributed by atoms with E-state index in [1.165, 1.54) is 0 Å². The van der Waals surface area contributed by atoms with Crippen molar-refractivity contribution >= 4 is 23.2 Å². The Morgan fingerprint density at radius 1 is 1.21 bits per heavy atom. The van der Waals surface area contributed by atoms with Gasteiger partial charge in [-0.3, -0.25) is 9.59 Å². The summed E-state index contributed by atoms with van der Waals surface area (Å²) in [6, 6.07) is 3.22. The number of halogens is 1. The normalized spacial score (nSPS) is 23.6. The van der Waals surface area contributed by atoms with Crippen LogP contribution in [0.3, 0.4) is 0 Å². The van der Waals surface area contributed by atoms with Crippen LogP contribution in [0.1, 0.15) is 47.2 Å². The summed E-state index contributed by atoms with van der Waals surface area (Å²) in [7, 11) is 0. The summed E-state index contributed by atoms with van der Waals surface area (Å²) in [5, 5.41) is 2.86. The molecule has 0 spiro atoms. The molecule has 1 aromatic carbocycles. The second-order valence-electron chi connectivity index (χ2n) is 9.55. The summed E-state index contributed by atoms with van der Waals surface area (Å²) < 4.78 is 27.5. The van der Waals surface area contributed by atoms with Crippen LogP contribution in [0.15, 0.2) is 18.3 Å². The number of hydrogen-bond acceptors (Lipinski definition) is 6. The number of amides is 2. The van der Waals surface area contributed by atoms with Crippen LogP contribution >= 0.6 is 0 Å². The molecule has 34 heavy (non-hydrogen) atoms. The third-order valence-electron chi connectivity index (χ3n) is 7.23. The molecule has 0 radical (unpaired) electrons. The Kier molecular flexibility index (Phi) is 5.08. The van der Waals surface area contributed by atoms with Crippen LogP contribution in [0.4, 0.5) is 15.8 Å². The van der Waals surface area contributed by atoms with E-state index in [0.29, 0.717) is 60.9 Å². The van der Waals surface area contributed by atoms with Crippen LogP contribution in [-0.2, 0) is 11.2 Å². The molecule has 5 heterocycles. The SMILES string of the molecule is Cc1cc2c(c(N3CCCC3)c1F)C(=O)N1C[C@@H](Oc3cc4c(cn3)CCC(=O)N4)C[C@@H]1CO2. The van der Waals surface area contributed by atoms with E-state index in [4.69, 9.17) is 9.47 Å². The zero-order valence-electron chi connectivity index (χ0n) is 19.1. The van der Waals surface area contributed by atoms with E-state index in [-0.39, 0.29) is 29.8 Å². The molecule has 178 valence electrons. The number of hydrogen-bond donors (Lipinski definition) is 1. The number of aryl methyl sites for hydroxylation is 2. The highest BCUT2D eigenvalue weighted by Crippen LogP contribution is 2.40. The van der Waals surface area contributed by atoms with E-state index in [1.807, 2.05) is 4.90 Å². The van der Waals surface area contributed by atoms with Crippen molar-refractivity contribution in [2.75, 3.05) is 36.5 Å². The topological polar surface area (TPSA) is 84.0 Å². The van der Waals surface area contributed by atoms with E-state index >= 15 is 4.39 Å². The van der Waals surface area contributed by atoms with Crippen molar-refractivity contribution in [3.63, 3.8) is 0 Å². The molecule has 4 aliphatic heterocycles. The minimum absolute atomic E-state index is 0.0171. The van der Waals surface area contributed by atoms with Gasteiger partial charge in [-0.25, -0.2) is 9.37 Å². The summed E-state index contributed by atoms with van der Waals surface area (Å²) >= 11 is 0. The van der Waals surface area contributed by atoms with E-state index in [0.717, 1.165) is 37.2 Å². The first-order valence-electron chi connectivity index (χ1n) is 11.9. The molecule has 0 bridgehead atoms. The van der Waals surface area contributed by atoms with Crippen LogP contribution < -0.4 is 19.7 Å². The van der Waals surface area contributed by atoms with Gasteiger partial charge in [-0.15, -0.1) is 0 Å². The molecule has 0 saturated carbocycles. The van der Waals surface area contributed by atoms with Gasteiger partial charge < -0.3 is 24.6 Å². The maximum Gasteiger partial charge on any atom is 0.260 e. The summed E-state index contributed by atoms with van der Waals surface area (Å²) in [6.45, 7) is 3.88. The van der Waals surface area contributed by atoms with Crippen molar-refractivity contribution in [1.82, 2.24) is 9.88 Å². The highest BCUT2D eigenvalue weighted by atomic mass is 19.1. The average Bonchev–Trinajstić information content (AvgIpc) is 3.46. The number of aromatic nitrogens is 1. The highest BCUT2D eigenvalue weighted by Gasteiger charge is 2.43. The Labute approximate surface area is 197 Å². The molecule has 2 fully saturated rings. The van der Waals surface area contributed by atoms with Crippen LogP contribution in [0, 0.1) is 12.7 Å². The summed E-state index contributed by atoms with van der Waals surface area (Å²) in [6.07, 6.45) is 5.13. The quantitative estimate of drug-likeness (QED) is 0.749. The van der Waals surface area contributed by atoms with Gasteiger partial charge in [0.25, 0.3) is 5.91 Å². The molecule has 2 amide bonds. The first-order chi connectivity index (χ1) is 16.5. The zero-order valence-corrected chi connectivity index (χ0v) is 19.1. The Hall–Kier alpha value is -3.36. The molecular formula is C25H27FN4O4. The van der Waals surface area contributed by atoms with Gasteiger partial charge in [0.1, 0.15) is 29.8 Å². The van der Waals surface area contributed by atoms with Crippen LogP contribution in [0.5, 0.6) is 11.6 Å². The average molecular weight is 467 g/mol. The second kappa shape index (κ2) is 8.14. The van der Waals surface area contributed by atoms with Crippen molar-refractivity contribution in [2.45, 2.75) is 51.2 Å². The smallest absolute Gasteiger partial charge is 0.260 e. The number of carbonyl (C=O) groups is 2. The molecule has 0 unspecified atom stereocenters. The Morgan fingerprint density at radius 3 is 2.85 bits per heavy atom. The van der Waals surface area contributed by atoms with Gasteiger partial charge in [0.15, 0.2) is 0 Å². The molecular weight excluding hydrogens is 439 g/mol. The molecule has 1 aromatic heterocycles. The molecule has 2 saturated heterocycles. The summed E-state index contributed by atoms with van der Waals surface area (Å²) in [4.78, 5) is 33.6. The monoisotopic (exact) mass is 466 g/mol. The third-order valence-corrected chi connectivity index (χ3v) is 7.23. The van der Waals surface area contributed by atoms with Gasteiger partial charge in [0.2, 0.25) is 11.8 Å². The number of carbonyl (C=O) groups excluding carboxylic acids is 2. The summed E-state index contributed by atoms with van der Waals surface area (Å²) in [5.41, 5.74) is 2.89. The van der Waals surface area contributed by atoms with Gasteiger partial charge in [-0.05, 0) is 43.4 Å². The van der Waals surface area contributed by atoms with Crippen LogP contribution in [0.25, 0.3) is 0 Å². The molecule has 0 aliphatic carbocycles. The number of benzene rings is 1.